The van der Waals surface area contributed by atoms with Crippen LogP contribution in [0.25, 0.3) is 17.0 Å². The van der Waals surface area contributed by atoms with E-state index in [1.807, 2.05) is 54.6 Å². The predicted molar refractivity (Wildman–Crippen MR) is 133 cm³/mol. The number of benzene rings is 3. The van der Waals surface area contributed by atoms with Crippen LogP contribution in [-0.2, 0) is 15.6 Å². The van der Waals surface area contributed by atoms with Crippen LogP contribution in [0.2, 0.25) is 0 Å². The van der Waals surface area contributed by atoms with Gasteiger partial charge in [-0.3, -0.25) is 0 Å². The Bertz CT molecular complexity index is 1350. The molecule has 1 heterocycles. The fraction of sp³-hybridized carbons (Fsp3) is 0.0435. The molecule has 1 aromatic heterocycles. The maximum atomic E-state index is 12.5. The maximum Gasteiger partial charge on any atom is 0.175 e. The number of nitrogens with zero attached hydrogens (tertiary/aromatic N) is 2. The Kier molecular flexibility index (Phi) is 6.50. The highest BCUT2D eigenvalue weighted by Gasteiger charge is 2.09. The minimum absolute atomic E-state index is 0.0658. The van der Waals surface area contributed by atoms with E-state index in [0.717, 1.165) is 31.1 Å². The van der Waals surface area contributed by atoms with Crippen molar-refractivity contribution in [3.63, 3.8) is 0 Å². The van der Waals surface area contributed by atoms with Crippen LogP contribution >= 0.6 is 31.9 Å². The Morgan fingerprint density at radius 3 is 2.32 bits per heavy atom. The van der Waals surface area contributed by atoms with Gasteiger partial charge in [-0.15, -0.1) is 0 Å². The molecule has 3 aromatic carbocycles. The normalized spacial score (nSPS) is 11.8. The molecule has 4 aromatic rings. The van der Waals surface area contributed by atoms with Gasteiger partial charge in [0, 0.05) is 25.4 Å². The third-order valence-corrected chi connectivity index (χ3v) is 6.83. The van der Waals surface area contributed by atoms with Gasteiger partial charge in [0.1, 0.15) is 12.1 Å². The molecular weight excluding hydrogens is 542 g/mol. The number of rotatable bonds is 6. The van der Waals surface area contributed by atoms with Crippen molar-refractivity contribution in [2.24, 2.45) is 0 Å². The molecule has 0 fully saturated rings. The lowest BCUT2D eigenvalue weighted by atomic mass is 10.2. The summed E-state index contributed by atoms with van der Waals surface area (Å²) in [6.45, 7) is 0. The van der Waals surface area contributed by atoms with Gasteiger partial charge < -0.3 is 5.32 Å². The van der Waals surface area contributed by atoms with E-state index in [0.29, 0.717) is 11.4 Å². The van der Waals surface area contributed by atoms with Gasteiger partial charge >= 0.3 is 0 Å². The molecule has 156 valence electrons. The van der Waals surface area contributed by atoms with E-state index in [-0.39, 0.29) is 5.75 Å². The van der Waals surface area contributed by atoms with Gasteiger partial charge in [-0.25, -0.2) is 18.4 Å². The van der Waals surface area contributed by atoms with Gasteiger partial charge in [0.25, 0.3) is 0 Å². The SMILES string of the molecule is O=S(=O)(/C=C/c1ccc(Br)cc1)Cc1ccc(Nc2ncnc3ccc(Br)cc23)cc1. The third-order valence-electron chi connectivity index (χ3n) is 4.52. The lowest BCUT2D eigenvalue weighted by molar-refractivity contribution is 0.604. The summed E-state index contributed by atoms with van der Waals surface area (Å²) in [5.74, 6) is 0.619. The van der Waals surface area contributed by atoms with Crippen molar-refractivity contribution in [3.8, 4) is 0 Å². The molecule has 0 aliphatic rings. The quantitative estimate of drug-likeness (QED) is 0.293. The first-order valence-electron chi connectivity index (χ1n) is 9.31. The molecule has 0 bridgehead atoms. The van der Waals surface area contributed by atoms with Crippen LogP contribution in [0.4, 0.5) is 11.5 Å². The molecule has 4 rings (SSSR count). The Morgan fingerprint density at radius 1 is 0.871 bits per heavy atom. The zero-order valence-corrected chi connectivity index (χ0v) is 20.2. The number of aromatic nitrogens is 2. The van der Waals surface area contributed by atoms with Crippen LogP contribution in [0.15, 0.2) is 87.4 Å². The summed E-state index contributed by atoms with van der Waals surface area (Å²) in [7, 11) is -3.39. The second-order valence-electron chi connectivity index (χ2n) is 6.87. The summed E-state index contributed by atoms with van der Waals surface area (Å²) in [4.78, 5) is 8.61. The Labute approximate surface area is 197 Å². The largest absolute Gasteiger partial charge is 0.340 e. The molecule has 8 heteroatoms. The molecule has 0 aliphatic heterocycles. The summed E-state index contributed by atoms with van der Waals surface area (Å²) in [6.07, 6.45) is 3.12. The minimum atomic E-state index is -3.39. The van der Waals surface area contributed by atoms with E-state index in [2.05, 4.69) is 47.1 Å². The Balaban J connectivity index is 1.47. The van der Waals surface area contributed by atoms with E-state index in [1.165, 1.54) is 11.7 Å². The first-order chi connectivity index (χ1) is 14.9. The van der Waals surface area contributed by atoms with Crippen LogP contribution in [0.5, 0.6) is 0 Å². The van der Waals surface area contributed by atoms with Gasteiger partial charge in [-0.2, -0.15) is 0 Å². The van der Waals surface area contributed by atoms with E-state index in [1.54, 1.807) is 18.2 Å². The number of sulfone groups is 1. The molecule has 0 saturated carbocycles. The molecule has 0 unspecified atom stereocenters. The number of nitrogens with one attached hydrogen (secondary N) is 1. The highest BCUT2D eigenvalue weighted by atomic mass is 79.9. The number of hydrogen-bond donors (Lipinski definition) is 1. The number of halogens is 2. The average molecular weight is 559 g/mol. The fourth-order valence-corrected chi connectivity index (χ4v) is 4.73. The standard InChI is InChI=1S/C23H17Br2N3O2S/c24-18-5-1-16(2-6-18)11-12-31(29,30)14-17-3-8-20(9-4-17)28-23-21-13-19(25)7-10-22(21)26-15-27-23/h1-13,15H,14H2,(H,26,27,28)/b12-11+. The Morgan fingerprint density at radius 2 is 1.58 bits per heavy atom. The van der Waals surface area contributed by atoms with Crippen molar-refractivity contribution in [3.05, 3.63) is 98.5 Å². The molecule has 0 radical (unpaired) electrons. The molecule has 0 atom stereocenters. The first-order valence-corrected chi connectivity index (χ1v) is 12.6. The van der Waals surface area contributed by atoms with Gasteiger partial charge in [0.2, 0.25) is 0 Å². The van der Waals surface area contributed by atoms with Crippen molar-refractivity contribution in [2.45, 2.75) is 5.75 Å². The van der Waals surface area contributed by atoms with Gasteiger partial charge in [-0.1, -0.05) is 56.1 Å². The van der Waals surface area contributed by atoms with Crippen molar-refractivity contribution in [1.82, 2.24) is 9.97 Å². The molecule has 0 saturated heterocycles. The van der Waals surface area contributed by atoms with Crippen LogP contribution < -0.4 is 5.32 Å². The molecule has 0 aliphatic carbocycles. The average Bonchev–Trinajstić information content (AvgIpc) is 2.75. The van der Waals surface area contributed by atoms with Crippen molar-refractivity contribution < 1.29 is 8.42 Å². The fourth-order valence-electron chi connectivity index (χ4n) is 2.99. The summed E-state index contributed by atoms with van der Waals surface area (Å²) in [5, 5.41) is 5.42. The minimum Gasteiger partial charge on any atom is -0.340 e. The lowest BCUT2D eigenvalue weighted by Crippen LogP contribution is -2.01. The first kappa shape index (κ1) is 21.7. The van der Waals surface area contributed by atoms with Crippen LogP contribution in [0.3, 0.4) is 0 Å². The number of anilines is 2. The topological polar surface area (TPSA) is 72.0 Å². The molecule has 31 heavy (non-hydrogen) atoms. The van der Waals surface area contributed by atoms with E-state index in [9.17, 15) is 8.42 Å². The second-order valence-corrected chi connectivity index (χ2v) is 10.6. The van der Waals surface area contributed by atoms with E-state index < -0.39 is 9.84 Å². The van der Waals surface area contributed by atoms with Crippen LogP contribution in [0, 0.1) is 0 Å². The van der Waals surface area contributed by atoms with Crippen molar-refractivity contribution in [2.75, 3.05) is 5.32 Å². The molecule has 1 N–H and O–H groups in total. The van der Waals surface area contributed by atoms with Crippen LogP contribution in [0.1, 0.15) is 11.1 Å². The highest BCUT2D eigenvalue weighted by molar-refractivity contribution is 9.10. The number of hydrogen-bond acceptors (Lipinski definition) is 5. The van der Waals surface area contributed by atoms with Crippen molar-refractivity contribution in [1.29, 1.82) is 0 Å². The van der Waals surface area contributed by atoms with Gasteiger partial charge in [0.15, 0.2) is 9.84 Å². The Hall–Kier alpha value is -2.55. The lowest BCUT2D eigenvalue weighted by Gasteiger charge is -2.09. The molecular formula is C23H17Br2N3O2S. The van der Waals surface area contributed by atoms with E-state index >= 15 is 0 Å². The molecule has 0 amide bonds. The summed E-state index contributed by atoms with van der Waals surface area (Å²) in [6, 6.07) is 20.5. The molecule has 0 spiro atoms. The highest BCUT2D eigenvalue weighted by Crippen LogP contribution is 2.26. The van der Waals surface area contributed by atoms with Gasteiger partial charge in [-0.05, 0) is 59.7 Å². The maximum absolute atomic E-state index is 12.5. The predicted octanol–water partition coefficient (Wildman–Crippen LogP) is 6.48. The third kappa shape index (κ3) is 5.78. The summed E-state index contributed by atoms with van der Waals surface area (Å²) >= 11 is 6.84. The number of fused-ring (bicyclic) bond motifs is 1. The monoisotopic (exact) mass is 557 g/mol. The van der Waals surface area contributed by atoms with Crippen LogP contribution in [-0.4, -0.2) is 18.4 Å². The van der Waals surface area contributed by atoms with Crippen molar-refractivity contribution >= 4 is 70.2 Å². The molecule has 5 nitrogen and oxygen atoms in total. The second kappa shape index (κ2) is 9.30. The van der Waals surface area contributed by atoms with E-state index in [4.69, 9.17) is 0 Å². The smallest absolute Gasteiger partial charge is 0.175 e. The summed E-state index contributed by atoms with van der Waals surface area (Å²) < 4.78 is 26.8. The van der Waals surface area contributed by atoms with Gasteiger partial charge in [0.05, 0.1) is 11.3 Å². The zero-order chi connectivity index (χ0) is 21.8. The summed E-state index contributed by atoms with van der Waals surface area (Å²) in [5.41, 5.74) is 3.18. The zero-order valence-electron chi connectivity index (χ0n) is 16.2.